The molecule has 0 aromatic carbocycles. The van der Waals surface area contributed by atoms with Gasteiger partial charge in [0.1, 0.15) is 6.29 Å². The number of nitrogens with zero attached hydrogens (tertiary/aromatic N) is 1. The average molecular weight is 195 g/mol. The van der Waals surface area contributed by atoms with E-state index in [2.05, 4.69) is 4.99 Å². The molecule has 0 aromatic heterocycles. The molecule has 0 bridgehead atoms. The summed E-state index contributed by atoms with van der Waals surface area (Å²) in [5, 5.41) is 1.01. The fourth-order valence-corrected chi connectivity index (χ4v) is 2.05. The van der Waals surface area contributed by atoms with Crippen molar-refractivity contribution in [1.29, 1.82) is 0 Å². The van der Waals surface area contributed by atoms with E-state index in [1.54, 1.807) is 11.8 Å². The number of aldehydes is 1. The van der Waals surface area contributed by atoms with Gasteiger partial charge >= 0.3 is 0 Å². The Morgan fingerprint density at radius 1 is 1.62 bits per heavy atom. The Labute approximate surface area is 82.8 Å². The first-order valence-corrected chi connectivity index (χ1v) is 5.15. The van der Waals surface area contributed by atoms with Crippen molar-refractivity contribution in [2.45, 2.75) is 19.1 Å². The largest absolute Gasteiger partial charge is 0.302 e. The van der Waals surface area contributed by atoms with Crippen molar-refractivity contribution in [3.8, 4) is 0 Å². The molecule has 1 aliphatic heterocycles. The molecule has 3 heteroatoms. The van der Waals surface area contributed by atoms with Gasteiger partial charge in [0.15, 0.2) is 0 Å². The van der Waals surface area contributed by atoms with Crippen molar-refractivity contribution >= 4 is 23.1 Å². The number of carbonyl (C=O) groups is 1. The van der Waals surface area contributed by atoms with Crippen LogP contribution in [-0.2, 0) is 4.79 Å². The lowest BCUT2D eigenvalue weighted by molar-refractivity contribution is -0.107. The Bertz CT molecular complexity index is 279. The molecule has 0 aliphatic carbocycles. The molecule has 70 valence electrons. The second-order valence-corrected chi connectivity index (χ2v) is 3.91. The van der Waals surface area contributed by atoms with Gasteiger partial charge in [-0.2, -0.15) is 0 Å². The molecular weight excluding hydrogens is 182 g/mol. The summed E-state index contributed by atoms with van der Waals surface area (Å²) in [6.07, 6.45) is 6.97. The van der Waals surface area contributed by atoms with Gasteiger partial charge in [0.2, 0.25) is 0 Å². The highest BCUT2D eigenvalue weighted by Gasteiger charge is 2.19. The highest BCUT2D eigenvalue weighted by molar-refractivity contribution is 8.15. The van der Waals surface area contributed by atoms with Crippen LogP contribution in [0.25, 0.3) is 0 Å². The summed E-state index contributed by atoms with van der Waals surface area (Å²) in [6.45, 7) is 4.58. The van der Waals surface area contributed by atoms with Crippen LogP contribution < -0.4 is 0 Å². The van der Waals surface area contributed by atoms with Gasteiger partial charge in [-0.3, -0.25) is 4.99 Å². The van der Waals surface area contributed by atoms with E-state index in [1.807, 2.05) is 32.1 Å². The number of allylic oxidation sites excluding steroid dienone is 3. The molecule has 1 rings (SSSR count). The summed E-state index contributed by atoms with van der Waals surface area (Å²) in [4.78, 5) is 14.8. The van der Waals surface area contributed by atoms with Gasteiger partial charge in [-0.1, -0.05) is 30.0 Å². The summed E-state index contributed by atoms with van der Waals surface area (Å²) in [5.41, 5.74) is 1.11. The van der Waals surface area contributed by atoms with E-state index in [0.29, 0.717) is 6.54 Å². The van der Waals surface area contributed by atoms with Gasteiger partial charge in [0.25, 0.3) is 0 Å². The minimum atomic E-state index is 0.0233. The zero-order valence-corrected chi connectivity index (χ0v) is 8.67. The maximum atomic E-state index is 10.5. The Balaban J connectivity index is 2.68. The second-order valence-electron chi connectivity index (χ2n) is 2.68. The van der Waals surface area contributed by atoms with Crippen LogP contribution in [0.4, 0.5) is 0 Å². The van der Waals surface area contributed by atoms with Crippen LogP contribution in [0.2, 0.25) is 0 Å². The van der Waals surface area contributed by atoms with E-state index in [-0.39, 0.29) is 5.25 Å². The van der Waals surface area contributed by atoms with Crippen molar-refractivity contribution < 1.29 is 4.79 Å². The van der Waals surface area contributed by atoms with E-state index in [0.717, 1.165) is 16.9 Å². The van der Waals surface area contributed by atoms with Crippen molar-refractivity contribution in [2.24, 2.45) is 4.99 Å². The van der Waals surface area contributed by atoms with Gasteiger partial charge in [-0.15, -0.1) is 0 Å². The van der Waals surface area contributed by atoms with Crippen molar-refractivity contribution in [1.82, 2.24) is 0 Å². The maximum Gasteiger partial charge on any atom is 0.135 e. The molecule has 0 spiro atoms. The third-order valence-corrected chi connectivity index (χ3v) is 2.88. The van der Waals surface area contributed by atoms with Gasteiger partial charge in [0, 0.05) is 5.57 Å². The number of rotatable bonds is 3. The molecular formula is C10H13NOS. The molecule has 0 radical (unpaired) electrons. The number of aliphatic imine (C=N–C) groups is 1. The molecule has 1 unspecified atom stereocenters. The molecule has 13 heavy (non-hydrogen) atoms. The Hall–Kier alpha value is -0.830. The summed E-state index contributed by atoms with van der Waals surface area (Å²) in [7, 11) is 0. The van der Waals surface area contributed by atoms with Gasteiger partial charge in [0.05, 0.1) is 16.8 Å². The molecule has 0 amide bonds. The molecule has 1 atom stereocenters. The standard InChI is InChI=1S/C10H13NOS/c1-3-5-8(4-2)10-11-6-9(7-12)13-10/h3-5,7,9H,6H2,1-2H3. The molecule has 0 fully saturated rings. The summed E-state index contributed by atoms with van der Waals surface area (Å²) < 4.78 is 0. The predicted octanol–water partition coefficient (Wildman–Crippen LogP) is 2.22. The summed E-state index contributed by atoms with van der Waals surface area (Å²) in [5.74, 6) is 0. The van der Waals surface area contributed by atoms with E-state index < -0.39 is 0 Å². The van der Waals surface area contributed by atoms with Gasteiger partial charge < -0.3 is 4.79 Å². The molecule has 0 aromatic rings. The summed E-state index contributed by atoms with van der Waals surface area (Å²) >= 11 is 1.55. The quantitative estimate of drug-likeness (QED) is 0.510. The Morgan fingerprint density at radius 2 is 2.38 bits per heavy atom. The van der Waals surface area contributed by atoms with Crippen molar-refractivity contribution in [3.05, 3.63) is 23.8 Å². The number of hydrogen-bond donors (Lipinski definition) is 0. The monoisotopic (exact) mass is 195 g/mol. The molecule has 0 saturated heterocycles. The van der Waals surface area contributed by atoms with Crippen LogP contribution in [0.1, 0.15) is 13.8 Å². The zero-order chi connectivity index (χ0) is 9.68. The van der Waals surface area contributed by atoms with Crippen LogP contribution >= 0.6 is 11.8 Å². The SMILES string of the molecule is CC=CC(=CC)C1=NCC(C=O)S1. The minimum Gasteiger partial charge on any atom is -0.302 e. The van der Waals surface area contributed by atoms with E-state index in [4.69, 9.17) is 0 Å². The number of carbonyl (C=O) groups excluding carboxylic acids is 1. The fraction of sp³-hybridized carbons (Fsp3) is 0.400. The molecule has 2 nitrogen and oxygen atoms in total. The highest BCUT2D eigenvalue weighted by Crippen LogP contribution is 2.24. The fourth-order valence-electron chi connectivity index (χ4n) is 1.09. The van der Waals surface area contributed by atoms with Crippen LogP contribution in [-0.4, -0.2) is 23.1 Å². The van der Waals surface area contributed by atoms with E-state index in [1.165, 1.54) is 0 Å². The Morgan fingerprint density at radius 3 is 2.85 bits per heavy atom. The summed E-state index contributed by atoms with van der Waals surface area (Å²) in [6, 6.07) is 0. The normalized spacial score (nSPS) is 23.7. The first-order chi connectivity index (χ1) is 6.31. The van der Waals surface area contributed by atoms with Crippen molar-refractivity contribution in [2.75, 3.05) is 6.54 Å². The van der Waals surface area contributed by atoms with E-state index >= 15 is 0 Å². The second kappa shape index (κ2) is 5.02. The van der Waals surface area contributed by atoms with Gasteiger partial charge in [-0.05, 0) is 13.8 Å². The first-order valence-electron chi connectivity index (χ1n) is 4.27. The predicted molar refractivity (Wildman–Crippen MR) is 58.3 cm³/mol. The molecule has 1 aliphatic rings. The maximum absolute atomic E-state index is 10.5. The molecule has 0 N–H and O–H groups in total. The average Bonchev–Trinajstić information content (AvgIpc) is 2.62. The lowest BCUT2D eigenvalue weighted by atomic mass is 10.2. The first kappa shape index (κ1) is 10.3. The van der Waals surface area contributed by atoms with Crippen molar-refractivity contribution in [3.63, 3.8) is 0 Å². The third-order valence-electron chi connectivity index (χ3n) is 1.73. The zero-order valence-electron chi connectivity index (χ0n) is 7.86. The van der Waals surface area contributed by atoms with Gasteiger partial charge in [-0.25, -0.2) is 0 Å². The lowest BCUT2D eigenvalue weighted by Crippen LogP contribution is -2.03. The smallest absolute Gasteiger partial charge is 0.135 e. The Kier molecular flexibility index (Phi) is 3.96. The highest BCUT2D eigenvalue weighted by atomic mass is 32.2. The number of thioether (sulfide) groups is 1. The molecule has 0 saturated carbocycles. The van der Waals surface area contributed by atoms with Crippen LogP contribution in [0.15, 0.2) is 28.8 Å². The van der Waals surface area contributed by atoms with Crippen LogP contribution in [0.5, 0.6) is 0 Å². The molecule has 1 heterocycles. The minimum absolute atomic E-state index is 0.0233. The van der Waals surface area contributed by atoms with Crippen LogP contribution in [0.3, 0.4) is 0 Å². The topological polar surface area (TPSA) is 29.4 Å². The third kappa shape index (κ3) is 2.56. The number of hydrogen-bond acceptors (Lipinski definition) is 3. The van der Waals surface area contributed by atoms with Crippen LogP contribution in [0, 0.1) is 0 Å². The lowest BCUT2D eigenvalue weighted by Gasteiger charge is -2.00. The van der Waals surface area contributed by atoms with E-state index in [9.17, 15) is 4.79 Å².